The van der Waals surface area contributed by atoms with Crippen molar-refractivity contribution in [1.29, 1.82) is 0 Å². The summed E-state index contributed by atoms with van der Waals surface area (Å²) < 4.78 is 4.62. The van der Waals surface area contributed by atoms with Gasteiger partial charge in [0.1, 0.15) is 0 Å². The minimum absolute atomic E-state index is 0.100. The van der Waals surface area contributed by atoms with Crippen LogP contribution < -0.4 is 5.32 Å². The third-order valence-electron chi connectivity index (χ3n) is 12.0. The van der Waals surface area contributed by atoms with Crippen molar-refractivity contribution in [3.63, 3.8) is 0 Å². The minimum atomic E-state index is 0.100. The van der Waals surface area contributed by atoms with E-state index in [2.05, 4.69) is 209 Å². The van der Waals surface area contributed by atoms with Crippen LogP contribution >= 0.6 is 0 Å². The molecule has 0 saturated carbocycles. The van der Waals surface area contributed by atoms with E-state index in [0.717, 1.165) is 71.9 Å². The van der Waals surface area contributed by atoms with Crippen molar-refractivity contribution in [3.8, 4) is 45.5 Å². The summed E-state index contributed by atoms with van der Waals surface area (Å²) in [7, 11) is 0. The summed E-state index contributed by atoms with van der Waals surface area (Å²) in [4.78, 5) is 15.6. The van der Waals surface area contributed by atoms with Crippen LogP contribution in [0.5, 0.6) is 0 Å². The summed E-state index contributed by atoms with van der Waals surface area (Å²) in [6.45, 7) is 0. The van der Waals surface area contributed by atoms with E-state index in [1.807, 2.05) is 24.3 Å². The van der Waals surface area contributed by atoms with Gasteiger partial charge in [0.15, 0.2) is 11.6 Å². The number of rotatable bonds is 7. The van der Waals surface area contributed by atoms with E-state index < -0.39 is 0 Å². The molecule has 8 aromatic carbocycles. The first-order valence-electron chi connectivity index (χ1n) is 21.0. The molecule has 6 heteroatoms. The molecule has 0 amide bonds. The van der Waals surface area contributed by atoms with Crippen molar-refractivity contribution < 1.29 is 0 Å². The van der Waals surface area contributed by atoms with Crippen molar-refractivity contribution in [3.05, 3.63) is 230 Å². The van der Waals surface area contributed by atoms with E-state index in [9.17, 15) is 0 Å². The predicted octanol–water partition coefficient (Wildman–Crippen LogP) is 13.3. The van der Waals surface area contributed by atoms with Crippen LogP contribution in [0, 0.1) is 0 Å². The predicted molar refractivity (Wildman–Crippen MR) is 254 cm³/mol. The topological polar surface area (TPSA) is 60.6 Å². The molecule has 62 heavy (non-hydrogen) atoms. The zero-order valence-corrected chi connectivity index (χ0v) is 33.6. The molecule has 12 rings (SSSR count). The Bertz CT molecular complexity index is 3530. The quantitative estimate of drug-likeness (QED) is 0.175. The molecular weight excluding hydrogens is 757 g/mol. The number of hydrogen-bond donors (Lipinski definition) is 1. The lowest BCUT2D eigenvalue weighted by atomic mass is 10.0. The fourth-order valence-electron chi connectivity index (χ4n) is 9.05. The van der Waals surface area contributed by atoms with Crippen LogP contribution in [0.4, 0.5) is 0 Å². The van der Waals surface area contributed by atoms with E-state index in [1.165, 1.54) is 16.5 Å². The third-order valence-corrected chi connectivity index (χ3v) is 12.0. The van der Waals surface area contributed by atoms with Gasteiger partial charge in [-0.1, -0.05) is 176 Å². The Labute approximate surface area is 358 Å². The number of allylic oxidation sites excluding steroid dienone is 2. The molecule has 0 spiro atoms. The molecule has 0 fully saturated rings. The van der Waals surface area contributed by atoms with E-state index >= 15 is 0 Å². The maximum absolute atomic E-state index is 5.27. The Kier molecular flexibility index (Phi) is 8.45. The SMILES string of the molecule is C1=CC(c2ccccc2)NC(c2cccc(-n3c4ccccc4c4cc5c(cc43)c3ccccc3n5-c3nc(-c4ccccc4)nc(-c4ccc(-c5ccccc5)cc4)n3)c2)=C1. The summed E-state index contributed by atoms with van der Waals surface area (Å²) >= 11 is 0. The van der Waals surface area contributed by atoms with Gasteiger partial charge in [-0.15, -0.1) is 0 Å². The molecule has 1 unspecified atom stereocenters. The fraction of sp³-hybridized carbons (Fsp3) is 0.0179. The van der Waals surface area contributed by atoms with Gasteiger partial charge >= 0.3 is 0 Å². The molecule has 11 aromatic rings. The van der Waals surface area contributed by atoms with Gasteiger partial charge in [0.2, 0.25) is 5.95 Å². The molecule has 4 heterocycles. The second kappa shape index (κ2) is 14.7. The summed E-state index contributed by atoms with van der Waals surface area (Å²) in [5.74, 6) is 1.80. The van der Waals surface area contributed by atoms with Crippen molar-refractivity contribution >= 4 is 49.3 Å². The maximum Gasteiger partial charge on any atom is 0.238 e. The second-order valence-electron chi connectivity index (χ2n) is 15.7. The van der Waals surface area contributed by atoms with Crippen molar-refractivity contribution in [2.24, 2.45) is 0 Å². The lowest BCUT2D eigenvalue weighted by molar-refractivity contribution is 0.764. The number of aromatic nitrogens is 5. The number of hydrogen-bond acceptors (Lipinski definition) is 4. The van der Waals surface area contributed by atoms with Crippen LogP contribution in [0.3, 0.4) is 0 Å². The van der Waals surface area contributed by atoms with Gasteiger partial charge < -0.3 is 9.88 Å². The fourth-order valence-corrected chi connectivity index (χ4v) is 9.05. The average Bonchev–Trinajstić information content (AvgIpc) is 3.86. The van der Waals surface area contributed by atoms with Crippen molar-refractivity contribution in [1.82, 2.24) is 29.4 Å². The number of dihydropyridines is 1. The Hall–Kier alpha value is -8.35. The van der Waals surface area contributed by atoms with Gasteiger partial charge in [-0.25, -0.2) is 4.98 Å². The largest absolute Gasteiger partial charge is 0.374 e. The maximum atomic E-state index is 5.27. The van der Waals surface area contributed by atoms with Gasteiger partial charge in [-0.2, -0.15) is 9.97 Å². The molecule has 0 saturated heterocycles. The second-order valence-corrected chi connectivity index (χ2v) is 15.7. The average molecular weight is 795 g/mol. The van der Waals surface area contributed by atoms with E-state index in [-0.39, 0.29) is 6.04 Å². The minimum Gasteiger partial charge on any atom is -0.374 e. The van der Waals surface area contributed by atoms with E-state index in [1.54, 1.807) is 0 Å². The highest BCUT2D eigenvalue weighted by Crippen LogP contribution is 2.40. The Balaban J connectivity index is 1.04. The molecule has 1 N–H and O–H groups in total. The van der Waals surface area contributed by atoms with Crippen LogP contribution in [0.15, 0.2) is 218 Å². The zero-order chi connectivity index (χ0) is 41.0. The highest BCUT2D eigenvalue weighted by Gasteiger charge is 2.22. The molecule has 0 aliphatic carbocycles. The summed E-state index contributed by atoms with van der Waals surface area (Å²) in [5, 5.41) is 8.35. The smallest absolute Gasteiger partial charge is 0.238 e. The Morgan fingerprint density at radius 2 is 0.903 bits per heavy atom. The number of nitrogens with one attached hydrogen (secondary N) is 1. The summed E-state index contributed by atoms with van der Waals surface area (Å²) in [5.41, 5.74) is 13.0. The van der Waals surface area contributed by atoms with Gasteiger partial charge in [-0.05, 0) is 64.7 Å². The van der Waals surface area contributed by atoms with E-state index in [0.29, 0.717) is 17.6 Å². The first-order valence-corrected chi connectivity index (χ1v) is 21.0. The van der Waals surface area contributed by atoms with E-state index in [4.69, 9.17) is 15.0 Å². The Morgan fingerprint density at radius 1 is 0.387 bits per heavy atom. The normalized spacial score (nSPS) is 13.8. The molecule has 1 atom stereocenters. The standard InChI is InChI=1S/C56H38N6/c1-4-16-37(17-5-1)38-30-32-41(33-31-38)55-58-54(40-20-8-3-9-21-40)59-56(60-55)62-51-29-13-11-25-45(51)47-35-52-46(36-53(47)62)44-24-10-12-28-50(44)61(52)43-23-14-22-42(34-43)49-27-15-26-48(57-49)39-18-6-2-7-19-39/h1-36,48,57H. The lowest BCUT2D eigenvalue weighted by Gasteiger charge is -2.23. The van der Waals surface area contributed by atoms with Crippen LogP contribution in [-0.2, 0) is 0 Å². The van der Waals surface area contributed by atoms with Crippen LogP contribution in [0.2, 0.25) is 0 Å². The van der Waals surface area contributed by atoms with Crippen LogP contribution in [0.1, 0.15) is 17.2 Å². The van der Waals surface area contributed by atoms with Crippen molar-refractivity contribution in [2.45, 2.75) is 6.04 Å². The number of fused-ring (bicyclic) bond motifs is 6. The molecule has 1 aliphatic heterocycles. The highest BCUT2D eigenvalue weighted by molar-refractivity contribution is 6.19. The molecule has 0 bridgehead atoms. The molecule has 6 nitrogen and oxygen atoms in total. The molecular formula is C56H38N6. The van der Waals surface area contributed by atoms with Crippen LogP contribution in [0.25, 0.3) is 94.8 Å². The zero-order valence-electron chi connectivity index (χ0n) is 33.6. The lowest BCUT2D eigenvalue weighted by Crippen LogP contribution is -2.20. The van der Waals surface area contributed by atoms with Gasteiger partial charge in [0.05, 0.1) is 28.1 Å². The Morgan fingerprint density at radius 3 is 1.58 bits per heavy atom. The van der Waals surface area contributed by atoms with Gasteiger partial charge in [-0.3, -0.25) is 4.57 Å². The number of nitrogens with zero attached hydrogens (tertiary/aromatic N) is 5. The number of benzene rings is 8. The number of para-hydroxylation sites is 2. The monoisotopic (exact) mass is 794 g/mol. The van der Waals surface area contributed by atoms with Crippen molar-refractivity contribution in [2.75, 3.05) is 0 Å². The van der Waals surface area contributed by atoms with Gasteiger partial charge in [0.25, 0.3) is 0 Å². The highest BCUT2D eigenvalue weighted by atomic mass is 15.2. The molecule has 3 aromatic heterocycles. The first kappa shape index (κ1) is 35.6. The summed E-state index contributed by atoms with van der Waals surface area (Å²) in [6.07, 6.45) is 6.53. The van der Waals surface area contributed by atoms with Crippen LogP contribution in [-0.4, -0.2) is 24.1 Å². The van der Waals surface area contributed by atoms with Gasteiger partial charge in [0, 0.05) is 44.1 Å². The first-order chi connectivity index (χ1) is 30.7. The summed E-state index contributed by atoms with van der Waals surface area (Å²) in [6, 6.07) is 70.6. The molecule has 1 aliphatic rings. The molecule has 292 valence electrons. The third kappa shape index (κ3) is 6.08. The molecule has 0 radical (unpaired) electrons.